The van der Waals surface area contributed by atoms with Gasteiger partial charge >= 0.3 is 0 Å². The molecule has 1 aliphatic heterocycles. The topological polar surface area (TPSA) is 29.9 Å². The quantitative estimate of drug-likeness (QED) is 0.929. The van der Waals surface area contributed by atoms with Gasteiger partial charge in [0.2, 0.25) is 0 Å². The molecule has 1 saturated heterocycles. The Morgan fingerprint density at radius 3 is 2.81 bits per heavy atom. The zero-order valence-electron chi connectivity index (χ0n) is 12.7. The first kappa shape index (κ1) is 14.5. The van der Waals surface area contributed by atoms with E-state index in [4.69, 9.17) is 0 Å². The van der Waals surface area contributed by atoms with Crippen molar-refractivity contribution in [3.05, 3.63) is 48.3 Å². The number of anilines is 1. The SMILES string of the molecule is CC1(C)CCSCC1Nc1ccc(Cn2cccn2)cc1. The maximum absolute atomic E-state index is 4.24. The Morgan fingerprint density at radius 2 is 2.14 bits per heavy atom. The summed E-state index contributed by atoms with van der Waals surface area (Å²) in [6, 6.07) is 11.3. The van der Waals surface area contributed by atoms with Crippen molar-refractivity contribution in [2.45, 2.75) is 32.9 Å². The summed E-state index contributed by atoms with van der Waals surface area (Å²) < 4.78 is 1.95. The van der Waals surface area contributed by atoms with E-state index in [9.17, 15) is 0 Å². The van der Waals surface area contributed by atoms with Gasteiger partial charge in [0.1, 0.15) is 0 Å². The average molecular weight is 301 g/mol. The van der Waals surface area contributed by atoms with Crippen molar-refractivity contribution < 1.29 is 0 Å². The highest BCUT2D eigenvalue weighted by molar-refractivity contribution is 7.99. The lowest BCUT2D eigenvalue weighted by Crippen LogP contribution is -2.41. The van der Waals surface area contributed by atoms with Crippen LogP contribution in [0.5, 0.6) is 0 Å². The third kappa shape index (κ3) is 3.62. The molecule has 1 atom stereocenters. The molecule has 1 aromatic carbocycles. The summed E-state index contributed by atoms with van der Waals surface area (Å²) >= 11 is 2.06. The minimum atomic E-state index is 0.374. The first-order valence-corrected chi connectivity index (χ1v) is 8.70. The Morgan fingerprint density at radius 1 is 1.33 bits per heavy atom. The van der Waals surface area contributed by atoms with Crippen LogP contribution in [0.3, 0.4) is 0 Å². The van der Waals surface area contributed by atoms with E-state index in [1.165, 1.54) is 29.2 Å². The van der Waals surface area contributed by atoms with E-state index in [0.29, 0.717) is 11.5 Å². The number of hydrogen-bond donors (Lipinski definition) is 1. The van der Waals surface area contributed by atoms with Crippen molar-refractivity contribution in [1.29, 1.82) is 0 Å². The standard InChI is InChI=1S/C17H23N3S/c1-17(2)8-11-21-13-16(17)19-15-6-4-14(5-7-15)12-20-10-3-9-18-20/h3-7,9-10,16,19H,8,11-13H2,1-2H3. The number of nitrogens with zero attached hydrogens (tertiary/aromatic N) is 2. The van der Waals surface area contributed by atoms with Gasteiger partial charge in [0.25, 0.3) is 0 Å². The van der Waals surface area contributed by atoms with Gasteiger partial charge in [-0.2, -0.15) is 16.9 Å². The summed E-state index contributed by atoms with van der Waals surface area (Å²) in [5, 5.41) is 7.96. The largest absolute Gasteiger partial charge is 0.381 e. The monoisotopic (exact) mass is 301 g/mol. The molecule has 2 aromatic rings. The molecule has 0 bridgehead atoms. The fourth-order valence-electron chi connectivity index (χ4n) is 2.66. The Kier molecular flexibility index (Phi) is 4.24. The lowest BCUT2D eigenvalue weighted by Gasteiger charge is -2.39. The Labute approximate surface area is 131 Å². The molecule has 4 heteroatoms. The average Bonchev–Trinajstić information content (AvgIpc) is 2.96. The molecule has 1 N–H and O–H groups in total. The second-order valence-corrected chi connectivity index (χ2v) is 7.56. The van der Waals surface area contributed by atoms with Gasteiger partial charge in [-0.3, -0.25) is 4.68 Å². The fourth-order valence-corrected chi connectivity index (χ4v) is 4.27. The third-order valence-electron chi connectivity index (χ3n) is 4.32. The van der Waals surface area contributed by atoms with Gasteiger partial charge in [0, 0.05) is 29.9 Å². The van der Waals surface area contributed by atoms with Crippen molar-refractivity contribution >= 4 is 17.4 Å². The van der Waals surface area contributed by atoms with Crippen LogP contribution in [-0.2, 0) is 6.54 Å². The molecular formula is C17H23N3S. The minimum Gasteiger partial charge on any atom is -0.381 e. The van der Waals surface area contributed by atoms with Crippen molar-refractivity contribution in [3.63, 3.8) is 0 Å². The van der Waals surface area contributed by atoms with E-state index in [0.717, 1.165) is 6.54 Å². The number of rotatable bonds is 4. The molecule has 1 aliphatic rings. The van der Waals surface area contributed by atoms with Crippen LogP contribution >= 0.6 is 11.8 Å². The first-order chi connectivity index (χ1) is 10.1. The second-order valence-electron chi connectivity index (χ2n) is 6.41. The predicted octanol–water partition coefficient (Wildman–Crippen LogP) is 3.88. The smallest absolute Gasteiger partial charge is 0.0659 e. The molecule has 1 unspecified atom stereocenters. The molecule has 3 nitrogen and oxygen atoms in total. The molecule has 0 aliphatic carbocycles. The number of benzene rings is 1. The van der Waals surface area contributed by atoms with Crippen LogP contribution in [0.25, 0.3) is 0 Å². The number of aromatic nitrogens is 2. The van der Waals surface area contributed by atoms with Gasteiger partial charge in [-0.25, -0.2) is 0 Å². The molecule has 0 amide bonds. The van der Waals surface area contributed by atoms with Gasteiger partial charge in [-0.1, -0.05) is 26.0 Å². The summed E-state index contributed by atoms with van der Waals surface area (Å²) in [6.45, 7) is 5.57. The molecule has 0 saturated carbocycles. The second kappa shape index (κ2) is 6.14. The van der Waals surface area contributed by atoms with E-state index >= 15 is 0 Å². The van der Waals surface area contributed by atoms with Crippen molar-refractivity contribution in [2.75, 3.05) is 16.8 Å². The van der Waals surface area contributed by atoms with Gasteiger partial charge in [-0.05, 0) is 41.4 Å². The summed E-state index contributed by atoms with van der Waals surface area (Å²) in [6.07, 6.45) is 5.10. The normalized spacial score (nSPS) is 21.1. The number of nitrogens with one attached hydrogen (secondary N) is 1. The van der Waals surface area contributed by atoms with Crippen LogP contribution < -0.4 is 5.32 Å². The third-order valence-corrected chi connectivity index (χ3v) is 5.38. The fraction of sp³-hybridized carbons (Fsp3) is 0.471. The summed E-state index contributed by atoms with van der Waals surface area (Å²) in [4.78, 5) is 0. The molecule has 1 aromatic heterocycles. The highest BCUT2D eigenvalue weighted by Crippen LogP contribution is 2.35. The Balaban J connectivity index is 1.64. The molecule has 2 heterocycles. The van der Waals surface area contributed by atoms with Crippen molar-refractivity contribution in [2.24, 2.45) is 5.41 Å². The van der Waals surface area contributed by atoms with Gasteiger partial charge in [0.05, 0.1) is 6.54 Å². The maximum atomic E-state index is 4.24. The van der Waals surface area contributed by atoms with Crippen LogP contribution in [0, 0.1) is 5.41 Å². The van der Waals surface area contributed by atoms with Crippen LogP contribution in [0.4, 0.5) is 5.69 Å². The number of hydrogen-bond acceptors (Lipinski definition) is 3. The lowest BCUT2D eigenvalue weighted by atomic mass is 9.82. The Hall–Kier alpha value is -1.42. The zero-order chi connectivity index (χ0) is 14.7. The first-order valence-electron chi connectivity index (χ1n) is 7.54. The van der Waals surface area contributed by atoms with Gasteiger partial charge < -0.3 is 5.32 Å². The molecule has 3 rings (SSSR count). The summed E-state index contributed by atoms with van der Waals surface area (Å²) in [5.74, 6) is 2.48. The lowest BCUT2D eigenvalue weighted by molar-refractivity contribution is 0.305. The molecule has 1 fully saturated rings. The molecule has 0 spiro atoms. The molecule has 21 heavy (non-hydrogen) atoms. The highest BCUT2D eigenvalue weighted by atomic mass is 32.2. The number of thioether (sulfide) groups is 1. The predicted molar refractivity (Wildman–Crippen MR) is 90.9 cm³/mol. The summed E-state index contributed by atoms with van der Waals surface area (Å²) in [5.41, 5.74) is 2.88. The maximum Gasteiger partial charge on any atom is 0.0659 e. The Bertz CT molecular complexity index is 560. The molecule has 0 radical (unpaired) electrons. The van der Waals surface area contributed by atoms with E-state index in [-0.39, 0.29) is 0 Å². The van der Waals surface area contributed by atoms with E-state index < -0.39 is 0 Å². The van der Waals surface area contributed by atoms with Crippen molar-refractivity contribution in [3.8, 4) is 0 Å². The van der Waals surface area contributed by atoms with Crippen LogP contribution in [0.1, 0.15) is 25.8 Å². The summed E-state index contributed by atoms with van der Waals surface area (Å²) in [7, 11) is 0. The molecular weight excluding hydrogens is 278 g/mol. The van der Waals surface area contributed by atoms with Crippen molar-refractivity contribution in [1.82, 2.24) is 9.78 Å². The van der Waals surface area contributed by atoms with Gasteiger partial charge in [0.15, 0.2) is 0 Å². The van der Waals surface area contributed by atoms with Crippen LogP contribution in [0.2, 0.25) is 0 Å². The highest BCUT2D eigenvalue weighted by Gasteiger charge is 2.32. The van der Waals surface area contributed by atoms with Crippen LogP contribution in [0.15, 0.2) is 42.7 Å². The minimum absolute atomic E-state index is 0.374. The van der Waals surface area contributed by atoms with Gasteiger partial charge in [-0.15, -0.1) is 0 Å². The van der Waals surface area contributed by atoms with Crippen LogP contribution in [-0.4, -0.2) is 27.3 Å². The molecule has 112 valence electrons. The van der Waals surface area contributed by atoms with E-state index in [1.54, 1.807) is 0 Å². The van der Waals surface area contributed by atoms with E-state index in [1.807, 2.05) is 23.1 Å². The zero-order valence-corrected chi connectivity index (χ0v) is 13.6. The van der Waals surface area contributed by atoms with E-state index in [2.05, 4.69) is 60.3 Å².